The molecule has 0 bridgehead atoms. The summed E-state index contributed by atoms with van der Waals surface area (Å²) in [5, 5.41) is 10.00. The lowest BCUT2D eigenvalue weighted by atomic mass is 9.98. The third-order valence-electron chi connectivity index (χ3n) is 5.46. The molecule has 0 spiro atoms. The molecule has 31 heavy (non-hydrogen) atoms. The van der Waals surface area contributed by atoms with Gasteiger partial charge in [0.05, 0.1) is 20.6 Å². The molecule has 0 N–H and O–H groups in total. The van der Waals surface area contributed by atoms with Crippen LogP contribution in [-0.4, -0.2) is 38.5 Å². The van der Waals surface area contributed by atoms with E-state index in [0.717, 1.165) is 54.1 Å². The van der Waals surface area contributed by atoms with E-state index >= 15 is 0 Å². The van der Waals surface area contributed by atoms with Crippen LogP contribution in [0.3, 0.4) is 0 Å². The molecule has 2 heterocycles. The van der Waals surface area contributed by atoms with Gasteiger partial charge in [-0.2, -0.15) is 5.26 Å². The van der Waals surface area contributed by atoms with Crippen molar-refractivity contribution >= 4 is 12.2 Å². The molecule has 158 valence electrons. The summed E-state index contributed by atoms with van der Waals surface area (Å²) in [6.45, 7) is 1.95. The number of piperidine rings is 1. The van der Waals surface area contributed by atoms with E-state index in [-0.39, 0.29) is 0 Å². The summed E-state index contributed by atoms with van der Waals surface area (Å²) >= 11 is 0. The maximum absolute atomic E-state index is 10.00. The summed E-state index contributed by atoms with van der Waals surface area (Å²) in [4.78, 5) is 6.74. The maximum atomic E-state index is 10.00. The zero-order chi connectivity index (χ0) is 21.6. The number of likely N-dealkylation sites (tertiary alicyclic amines) is 1. The molecule has 1 aliphatic rings. The van der Waals surface area contributed by atoms with Crippen LogP contribution < -0.4 is 9.47 Å². The number of benzene rings is 2. The molecule has 1 aliphatic heterocycles. The molecule has 1 saturated heterocycles. The van der Waals surface area contributed by atoms with Gasteiger partial charge in [0.15, 0.2) is 0 Å². The van der Waals surface area contributed by atoms with Gasteiger partial charge >= 0.3 is 0 Å². The predicted octanol–water partition coefficient (Wildman–Crippen LogP) is 5.65. The largest absolute Gasteiger partial charge is 0.497 e. The molecule has 3 aromatic rings. The Morgan fingerprint density at radius 1 is 0.903 bits per heavy atom. The van der Waals surface area contributed by atoms with E-state index in [4.69, 9.17) is 13.9 Å². The van der Waals surface area contributed by atoms with Crippen LogP contribution in [0.2, 0.25) is 0 Å². The minimum absolute atomic E-state index is 0.324. The second kappa shape index (κ2) is 9.40. The third kappa shape index (κ3) is 4.41. The molecule has 6 nitrogen and oxygen atoms in total. The molecule has 0 amide bonds. The van der Waals surface area contributed by atoms with Crippen molar-refractivity contribution in [1.82, 2.24) is 4.90 Å². The molecule has 2 aromatic carbocycles. The van der Waals surface area contributed by atoms with Gasteiger partial charge < -0.3 is 18.8 Å². The van der Waals surface area contributed by atoms with E-state index < -0.39 is 0 Å². The predicted molar refractivity (Wildman–Crippen MR) is 121 cm³/mol. The lowest BCUT2D eigenvalue weighted by Gasteiger charge is -2.23. The summed E-state index contributed by atoms with van der Waals surface area (Å²) < 4.78 is 16.7. The Kier molecular flexibility index (Phi) is 6.23. The van der Waals surface area contributed by atoms with E-state index in [1.807, 2.05) is 48.5 Å². The van der Waals surface area contributed by atoms with Crippen molar-refractivity contribution in [3.05, 3.63) is 54.1 Å². The van der Waals surface area contributed by atoms with Crippen molar-refractivity contribution in [2.24, 2.45) is 4.99 Å². The summed E-state index contributed by atoms with van der Waals surface area (Å²) in [5.74, 6) is 2.44. The Labute approximate surface area is 182 Å². The van der Waals surface area contributed by atoms with E-state index in [0.29, 0.717) is 17.2 Å². The fourth-order valence-electron chi connectivity index (χ4n) is 3.76. The molecule has 0 aliphatic carbocycles. The van der Waals surface area contributed by atoms with Crippen LogP contribution in [0.5, 0.6) is 11.5 Å². The highest BCUT2D eigenvalue weighted by Gasteiger charge is 2.23. The van der Waals surface area contributed by atoms with Crippen LogP contribution in [0.4, 0.5) is 5.88 Å². The minimum Gasteiger partial charge on any atom is -0.497 e. The average molecular weight is 415 g/mol. The summed E-state index contributed by atoms with van der Waals surface area (Å²) in [6.07, 6.45) is 5.36. The quantitative estimate of drug-likeness (QED) is 0.384. The first kappa shape index (κ1) is 20.5. The lowest BCUT2D eigenvalue weighted by molar-refractivity contribution is 0.350. The second-order valence-electron chi connectivity index (χ2n) is 7.40. The molecule has 0 atom stereocenters. The van der Waals surface area contributed by atoms with Crippen LogP contribution in [-0.2, 0) is 0 Å². The monoisotopic (exact) mass is 415 g/mol. The molecule has 0 saturated carbocycles. The molecular formula is C25H25N3O3. The van der Waals surface area contributed by atoms with Crippen molar-refractivity contribution < 1.29 is 13.9 Å². The number of hydrogen-bond acceptors (Lipinski definition) is 5. The third-order valence-corrected chi connectivity index (χ3v) is 5.46. The van der Waals surface area contributed by atoms with E-state index in [1.165, 1.54) is 6.42 Å². The summed E-state index contributed by atoms with van der Waals surface area (Å²) in [5.41, 5.74) is 2.86. The van der Waals surface area contributed by atoms with Gasteiger partial charge in [-0.1, -0.05) is 12.1 Å². The number of furan rings is 1. The number of nitriles is 1. The van der Waals surface area contributed by atoms with Gasteiger partial charge in [-0.15, -0.1) is 0 Å². The number of methoxy groups -OCH3 is 2. The smallest absolute Gasteiger partial charge is 0.239 e. The highest BCUT2D eigenvalue weighted by molar-refractivity contribution is 5.88. The van der Waals surface area contributed by atoms with Crippen LogP contribution >= 0.6 is 0 Å². The van der Waals surface area contributed by atoms with E-state index in [2.05, 4.69) is 16.0 Å². The molecular weight excluding hydrogens is 390 g/mol. The second-order valence-corrected chi connectivity index (χ2v) is 7.40. The lowest BCUT2D eigenvalue weighted by Crippen LogP contribution is -2.27. The molecule has 1 aromatic heterocycles. The Hall–Kier alpha value is -3.72. The molecule has 4 rings (SSSR count). The topological polar surface area (TPSA) is 71.0 Å². The Bertz CT molecular complexity index is 1090. The van der Waals surface area contributed by atoms with Crippen molar-refractivity contribution in [3.63, 3.8) is 0 Å². The van der Waals surface area contributed by atoms with Gasteiger partial charge in [0.2, 0.25) is 5.88 Å². The highest BCUT2D eigenvalue weighted by Crippen LogP contribution is 2.43. The number of nitrogens with zero attached hydrogens (tertiary/aromatic N) is 3. The number of aliphatic imine (C=N–C) groups is 1. The summed E-state index contributed by atoms with van der Waals surface area (Å²) in [7, 11) is 3.26. The molecule has 0 radical (unpaired) electrons. The molecule has 1 fully saturated rings. The first-order chi connectivity index (χ1) is 15.2. The van der Waals surface area contributed by atoms with Gasteiger partial charge in [-0.3, -0.25) is 0 Å². The summed E-state index contributed by atoms with van der Waals surface area (Å²) in [6, 6.07) is 17.5. The van der Waals surface area contributed by atoms with Crippen LogP contribution in [0.15, 0.2) is 57.9 Å². The Balaban J connectivity index is 1.81. The first-order valence-electron chi connectivity index (χ1n) is 10.4. The van der Waals surface area contributed by atoms with E-state index in [9.17, 15) is 5.26 Å². The number of hydrogen-bond donors (Lipinski definition) is 0. The van der Waals surface area contributed by atoms with Crippen LogP contribution in [0.25, 0.3) is 22.5 Å². The van der Waals surface area contributed by atoms with Crippen molar-refractivity contribution in [3.8, 4) is 40.0 Å². The molecule has 0 unspecified atom stereocenters. The zero-order valence-electron chi connectivity index (χ0n) is 17.8. The maximum Gasteiger partial charge on any atom is 0.239 e. The van der Waals surface area contributed by atoms with E-state index in [1.54, 1.807) is 20.6 Å². The zero-order valence-corrected chi connectivity index (χ0v) is 17.8. The standard InChI is InChI=1S/C25H25N3O3/c1-29-20-10-6-18(7-11-20)23-22(16-26)25(27-17-28-14-4-3-5-15-28)31-24(23)19-8-12-21(30-2)13-9-19/h6-13,17H,3-5,14-15H2,1-2H3/b27-17+. The van der Waals surface area contributed by atoms with Crippen LogP contribution in [0.1, 0.15) is 24.8 Å². The SMILES string of the molecule is COc1ccc(-c2oc(/N=C/N3CCCCC3)c(C#N)c2-c2ccc(OC)cc2)cc1. The van der Waals surface area contributed by atoms with Crippen LogP contribution in [0, 0.1) is 11.3 Å². The Morgan fingerprint density at radius 2 is 1.48 bits per heavy atom. The van der Waals surface area contributed by atoms with Crippen molar-refractivity contribution in [2.45, 2.75) is 19.3 Å². The highest BCUT2D eigenvalue weighted by atomic mass is 16.5. The average Bonchev–Trinajstić information content (AvgIpc) is 3.22. The number of rotatable bonds is 6. The molecule has 6 heteroatoms. The van der Waals surface area contributed by atoms with Gasteiger partial charge in [0, 0.05) is 24.2 Å². The fourth-order valence-corrected chi connectivity index (χ4v) is 3.76. The van der Waals surface area contributed by atoms with Gasteiger partial charge in [-0.05, 0) is 61.2 Å². The minimum atomic E-state index is 0.324. The Morgan fingerprint density at radius 3 is 2.03 bits per heavy atom. The van der Waals surface area contributed by atoms with Crippen molar-refractivity contribution in [1.29, 1.82) is 5.26 Å². The normalized spacial score (nSPS) is 13.9. The van der Waals surface area contributed by atoms with Crippen molar-refractivity contribution in [2.75, 3.05) is 27.3 Å². The number of ether oxygens (including phenoxy) is 2. The fraction of sp³-hybridized carbons (Fsp3) is 0.280. The van der Waals surface area contributed by atoms with Gasteiger partial charge in [0.1, 0.15) is 28.9 Å². The first-order valence-corrected chi connectivity index (χ1v) is 10.4. The van der Waals surface area contributed by atoms with Gasteiger partial charge in [0.25, 0.3) is 0 Å². The van der Waals surface area contributed by atoms with Gasteiger partial charge in [-0.25, -0.2) is 4.99 Å².